The molecule has 9 nitrogen and oxygen atoms in total. The average Bonchev–Trinajstić information content (AvgIpc) is 2.87. The molecule has 0 spiro atoms. The van der Waals surface area contributed by atoms with Crippen LogP contribution in [0, 0.1) is 10.1 Å². The number of benzene rings is 3. The van der Waals surface area contributed by atoms with E-state index in [-0.39, 0.29) is 29.4 Å². The number of aromatic nitrogens is 2. The van der Waals surface area contributed by atoms with E-state index >= 15 is 0 Å². The summed E-state index contributed by atoms with van der Waals surface area (Å²) in [5, 5.41) is 16.6. The predicted octanol–water partition coefficient (Wildman–Crippen LogP) is 6.62. The van der Waals surface area contributed by atoms with E-state index in [0.717, 1.165) is 19.0 Å². The number of aryl methyl sites for hydroxylation is 1. The predicted molar refractivity (Wildman–Crippen MR) is 152 cm³/mol. The first kappa shape index (κ1) is 27.0. The zero-order chi connectivity index (χ0) is 26.7. The van der Waals surface area contributed by atoms with Gasteiger partial charge in [0.15, 0.2) is 5.75 Å². The van der Waals surface area contributed by atoms with Gasteiger partial charge in [-0.05, 0) is 36.4 Å². The number of nitro groups is 1. The number of hydrogen-bond donors (Lipinski definition) is 0. The molecule has 4 aromatic rings. The molecule has 1 aromatic heterocycles. The molecule has 0 saturated heterocycles. The van der Waals surface area contributed by atoms with Gasteiger partial charge < -0.3 is 9.47 Å². The zero-order valence-electron chi connectivity index (χ0n) is 19.6. The first-order valence-corrected chi connectivity index (χ1v) is 13.3. The van der Waals surface area contributed by atoms with Gasteiger partial charge in [0.1, 0.15) is 12.4 Å². The monoisotopic (exact) mass is 692 g/mol. The van der Waals surface area contributed by atoms with Crippen LogP contribution >= 0.6 is 47.8 Å². The van der Waals surface area contributed by atoms with E-state index in [1.165, 1.54) is 24.1 Å². The first-order valence-electron chi connectivity index (χ1n) is 10.9. The Kier molecular flexibility index (Phi) is 8.40. The second kappa shape index (κ2) is 11.5. The Morgan fingerprint density at radius 3 is 2.51 bits per heavy atom. The molecule has 4 rings (SSSR count). The average molecular weight is 695 g/mol. The van der Waals surface area contributed by atoms with Crippen molar-refractivity contribution in [3.63, 3.8) is 0 Å². The molecule has 0 aliphatic carbocycles. The summed E-state index contributed by atoms with van der Waals surface area (Å²) in [6.07, 6.45) is 1.82. The molecule has 0 aliphatic heterocycles. The first-order chi connectivity index (χ1) is 17.7. The van der Waals surface area contributed by atoms with Gasteiger partial charge in [-0.15, -0.1) is 0 Å². The molecule has 1 heterocycles. The van der Waals surface area contributed by atoms with Crippen molar-refractivity contribution in [2.45, 2.75) is 20.0 Å². The van der Waals surface area contributed by atoms with Crippen LogP contribution in [-0.2, 0) is 13.0 Å². The van der Waals surface area contributed by atoms with Crippen molar-refractivity contribution in [3.05, 3.63) is 99.4 Å². The number of fused-ring (bicyclic) bond motifs is 1. The molecule has 0 N–H and O–H groups in total. The Balaban J connectivity index is 1.73. The fraction of sp³-hybridized carbons (Fsp3) is 0.160. The Labute approximate surface area is 236 Å². The zero-order valence-corrected chi connectivity index (χ0v) is 24.3. The van der Waals surface area contributed by atoms with Gasteiger partial charge in [-0.1, -0.05) is 60.8 Å². The second-order valence-electron chi connectivity index (χ2n) is 7.76. The third-order valence-corrected chi connectivity index (χ3v) is 7.10. The lowest BCUT2D eigenvalue weighted by Gasteiger charge is -2.13. The van der Waals surface area contributed by atoms with Gasteiger partial charge >= 0.3 is 5.69 Å². The molecule has 0 fully saturated rings. The summed E-state index contributed by atoms with van der Waals surface area (Å²) in [5.41, 5.74) is 1.07. The van der Waals surface area contributed by atoms with Crippen LogP contribution in [0.25, 0.3) is 10.9 Å². The van der Waals surface area contributed by atoms with Gasteiger partial charge in [0.05, 0.1) is 29.2 Å². The molecule has 12 heteroatoms. The van der Waals surface area contributed by atoms with Crippen molar-refractivity contribution in [1.29, 1.82) is 0 Å². The molecule has 0 aliphatic rings. The van der Waals surface area contributed by atoms with E-state index in [2.05, 4.69) is 57.9 Å². The Morgan fingerprint density at radius 2 is 1.84 bits per heavy atom. The highest BCUT2D eigenvalue weighted by Gasteiger charge is 2.23. The molecule has 0 saturated carbocycles. The minimum absolute atomic E-state index is 0.0110. The third-order valence-electron chi connectivity index (χ3n) is 5.38. The Bertz CT molecular complexity index is 1600. The van der Waals surface area contributed by atoms with Crippen LogP contribution in [0.2, 0.25) is 0 Å². The quantitative estimate of drug-likeness (QED) is 0.117. The third kappa shape index (κ3) is 5.91. The summed E-state index contributed by atoms with van der Waals surface area (Å²) in [6, 6.07) is 13.7. The maximum atomic E-state index is 13.1. The maximum absolute atomic E-state index is 13.1. The van der Waals surface area contributed by atoms with Gasteiger partial charge in [0, 0.05) is 37.0 Å². The fourth-order valence-electron chi connectivity index (χ4n) is 3.57. The minimum Gasteiger partial charge on any atom is -0.493 e. The lowest BCUT2D eigenvalue weighted by atomic mass is 10.1. The van der Waals surface area contributed by atoms with Gasteiger partial charge in [0.25, 0.3) is 5.56 Å². The van der Waals surface area contributed by atoms with E-state index in [1.807, 2.05) is 31.2 Å². The lowest BCUT2D eigenvalue weighted by molar-refractivity contribution is -0.386. The van der Waals surface area contributed by atoms with Gasteiger partial charge in [-0.25, -0.2) is 4.98 Å². The van der Waals surface area contributed by atoms with Gasteiger partial charge in [0.2, 0.25) is 5.75 Å². The lowest BCUT2D eigenvalue weighted by Crippen LogP contribution is -2.22. The van der Waals surface area contributed by atoms with Crippen LogP contribution in [0.3, 0.4) is 0 Å². The van der Waals surface area contributed by atoms with Crippen LogP contribution in [-0.4, -0.2) is 27.9 Å². The molecule has 0 radical (unpaired) electrons. The molecule has 0 unspecified atom stereocenters. The minimum atomic E-state index is -0.551. The van der Waals surface area contributed by atoms with Crippen molar-refractivity contribution in [1.82, 2.24) is 9.66 Å². The molecule has 190 valence electrons. The van der Waals surface area contributed by atoms with Crippen LogP contribution < -0.4 is 15.0 Å². The standard InChI is InChI=1S/C25H19Br3N4O5/c1-3-23-30-20-7-6-16(26)10-18(20)25(33)31(23)29-12-14-8-21(32(34)35)24(22(9-14)36-2)37-13-15-4-5-17(27)11-19(15)28/h4-12H,3,13H2,1-2H3. The molecular weight excluding hydrogens is 676 g/mol. The molecule has 0 atom stereocenters. The molecule has 3 aromatic carbocycles. The molecule has 0 bridgehead atoms. The number of halogens is 3. The fourth-order valence-corrected chi connectivity index (χ4v) is 5.09. The summed E-state index contributed by atoms with van der Waals surface area (Å²) in [4.78, 5) is 29.0. The number of methoxy groups -OCH3 is 1. The van der Waals surface area contributed by atoms with Crippen LogP contribution in [0.1, 0.15) is 23.9 Å². The van der Waals surface area contributed by atoms with Crippen molar-refractivity contribution in [2.75, 3.05) is 7.11 Å². The number of nitro benzene ring substituents is 1. The van der Waals surface area contributed by atoms with E-state index < -0.39 is 4.92 Å². The molecule has 0 amide bonds. The SMILES string of the molecule is CCc1nc2ccc(Br)cc2c(=O)n1N=Cc1cc(OC)c(OCc2ccc(Br)cc2Br)c([N+](=O)[O-])c1. The number of nitrogens with zero attached hydrogens (tertiary/aromatic N) is 4. The van der Waals surface area contributed by atoms with Crippen LogP contribution in [0.15, 0.2) is 71.8 Å². The smallest absolute Gasteiger partial charge is 0.315 e. The highest BCUT2D eigenvalue weighted by atomic mass is 79.9. The Morgan fingerprint density at radius 1 is 1.11 bits per heavy atom. The summed E-state index contributed by atoms with van der Waals surface area (Å²) in [6.45, 7) is 1.94. The Hall–Kier alpha value is -3.09. The number of hydrogen-bond acceptors (Lipinski definition) is 7. The summed E-state index contributed by atoms with van der Waals surface area (Å²) in [7, 11) is 1.40. The summed E-state index contributed by atoms with van der Waals surface area (Å²) >= 11 is 10.2. The van der Waals surface area contributed by atoms with E-state index in [1.54, 1.807) is 18.2 Å². The van der Waals surface area contributed by atoms with Crippen LogP contribution in [0.5, 0.6) is 11.5 Å². The largest absolute Gasteiger partial charge is 0.493 e. The summed E-state index contributed by atoms with van der Waals surface area (Å²) in [5.74, 6) is 0.605. The van der Waals surface area contributed by atoms with E-state index in [9.17, 15) is 14.9 Å². The van der Waals surface area contributed by atoms with Crippen molar-refractivity contribution >= 4 is 70.6 Å². The highest BCUT2D eigenvalue weighted by molar-refractivity contribution is 9.11. The topological polar surface area (TPSA) is 109 Å². The van der Waals surface area contributed by atoms with Gasteiger partial charge in [-0.2, -0.15) is 9.78 Å². The molecule has 37 heavy (non-hydrogen) atoms. The van der Waals surface area contributed by atoms with Crippen LogP contribution in [0.4, 0.5) is 5.69 Å². The van der Waals surface area contributed by atoms with Crippen molar-refractivity contribution in [2.24, 2.45) is 5.10 Å². The normalized spacial score (nSPS) is 11.3. The van der Waals surface area contributed by atoms with E-state index in [4.69, 9.17) is 9.47 Å². The van der Waals surface area contributed by atoms with Crippen molar-refractivity contribution < 1.29 is 14.4 Å². The number of ether oxygens (including phenoxy) is 2. The second-order valence-corrected chi connectivity index (χ2v) is 10.4. The number of rotatable bonds is 8. The highest BCUT2D eigenvalue weighted by Crippen LogP contribution is 2.39. The summed E-state index contributed by atoms with van der Waals surface area (Å²) < 4.78 is 14.9. The molecular formula is C25H19Br3N4O5. The maximum Gasteiger partial charge on any atom is 0.315 e. The van der Waals surface area contributed by atoms with Gasteiger partial charge in [-0.3, -0.25) is 14.9 Å². The van der Waals surface area contributed by atoms with Crippen molar-refractivity contribution in [3.8, 4) is 11.5 Å². The van der Waals surface area contributed by atoms with E-state index in [0.29, 0.717) is 28.7 Å².